The van der Waals surface area contributed by atoms with Gasteiger partial charge in [-0.2, -0.15) is 0 Å². The Kier molecular flexibility index (Phi) is 5.68. The molecule has 2 aromatic rings. The van der Waals surface area contributed by atoms with Gasteiger partial charge in [-0.1, -0.05) is 25.4 Å². The van der Waals surface area contributed by atoms with Crippen LogP contribution in [0.2, 0.25) is 5.02 Å². The van der Waals surface area contributed by atoms with Gasteiger partial charge in [-0.05, 0) is 86.1 Å². The van der Waals surface area contributed by atoms with Crippen LogP contribution in [0.1, 0.15) is 52.4 Å². The maximum atomic E-state index is 13.6. The second-order valence-corrected chi connectivity index (χ2v) is 11.0. The topological polar surface area (TPSA) is 41.0 Å². The Hall–Kier alpha value is -1.72. The number of hydrogen-bond donors (Lipinski definition) is 1. The van der Waals surface area contributed by atoms with Gasteiger partial charge in [0.05, 0.1) is 10.7 Å². The highest BCUT2D eigenvalue weighted by molar-refractivity contribution is 6.33. The summed E-state index contributed by atoms with van der Waals surface area (Å²) in [4.78, 5) is 2.79. The van der Waals surface area contributed by atoms with Crippen LogP contribution in [0.4, 0.5) is 10.2 Å². The van der Waals surface area contributed by atoms with Crippen molar-refractivity contribution in [3.63, 3.8) is 0 Å². The number of benzene rings is 1. The molecule has 2 atom stereocenters. The molecule has 2 aliphatic carbocycles. The van der Waals surface area contributed by atoms with Crippen molar-refractivity contribution in [1.29, 1.82) is 0 Å². The predicted octanol–water partition coefficient (Wildman–Crippen LogP) is 6.03. The summed E-state index contributed by atoms with van der Waals surface area (Å²) in [6.07, 6.45) is 7.88. The van der Waals surface area contributed by atoms with Crippen molar-refractivity contribution < 1.29 is 4.39 Å². The molecule has 4 nitrogen and oxygen atoms in total. The van der Waals surface area contributed by atoms with E-state index in [1.165, 1.54) is 63.7 Å². The summed E-state index contributed by atoms with van der Waals surface area (Å²) >= 11 is 6.19. The van der Waals surface area contributed by atoms with Crippen LogP contribution < -0.4 is 5.32 Å². The molecule has 2 saturated carbocycles. The Balaban J connectivity index is 1.15. The molecular weight excluding hydrogens is 411 g/mol. The minimum absolute atomic E-state index is 0.327. The molecule has 2 unspecified atom stereocenters. The second-order valence-electron chi connectivity index (χ2n) is 10.6. The molecule has 1 aliphatic heterocycles. The molecule has 0 radical (unpaired) electrons. The van der Waals surface area contributed by atoms with E-state index in [4.69, 9.17) is 11.6 Å². The lowest BCUT2D eigenvalue weighted by Crippen LogP contribution is -2.39. The van der Waals surface area contributed by atoms with E-state index in [-0.39, 0.29) is 5.82 Å². The lowest BCUT2D eigenvalue weighted by Gasteiger charge is -2.39. The Morgan fingerprint density at radius 1 is 1.03 bits per heavy atom. The number of fused-ring (bicyclic) bond motifs is 1. The van der Waals surface area contributed by atoms with Gasteiger partial charge in [-0.3, -0.25) is 4.90 Å². The number of hydrogen-bond acceptors (Lipinski definition) is 4. The zero-order valence-corrected chi connectivity index (χ0v) is 19.2. The first-order valence-electron chi connectivity index (χ1n) is 11.7. The van der Waals surface area contributed by atoms with Gasteiger partial charge < -0.3 is 5.32 Å². The highest BCUT2D eigenvalue weighted by Gasteiger charge is 2.43. The molecule has 0 amide bonds. The van der Waals surface area contributed by atoms with Crippen LogP contribution in [-0.2, 0) is 0 Å². The van der Waals surface area contributed by atoms with Crippen molar-refractivity contribution in [2.24, 2.45) is 17.3 Å². The summed E-state index contributed by atoms with van der Waals surface area (Å²) in [7, 11) is 0. The Bertz CT molecular complexity index is 908. The van der Waals surface area contributed by atoms with Gasteiger partial charge in [0.15, 0.2) is 0 Å². The molecule has 3 fully saturated rings. The number of nitrogens with one attached hydrogen (secondary N) is 1. The van der Waals surface area contributed by atoms with Gasteiger partial charge in [0.2, 0.25) is 0 Å². The van der Waals surface area contributed by atoms with E-state index >= 15 is 0 Å². The van der Waals surface area contributed by atoms with Gasteiger partial charge in [0.25, 0.3) is 0 Å². The van der Waals surface area contributed by atoms with Crippen molar-refractivity contribution in [1.82, 2.24) is 15.1 Å². The van der Waals surface area contributed by atoms with Gasteiger partial charge in [0.1, 0.15) is 11.6 Å². The van der Waals surface area contributed by atoms with Crippen molar-refractivity contribution in [3.8, 4) is 11.3 Å². The number of nitrogens with zero attached hydrogens (tertiary/aromatic N) is 3. The lowest BCUT2D eigenvalue weighted by molar-refractivity contribution is 0.119. The summed E-state index contributed by atoms with van der Waals surface area (Å²) in [5.41, 5.74) is 1.70. The number of likely N-dealkylation sites (tertiary alicyclic amines) is 1. The third kappa shape index (κ3) is 4.58. The first kappa shape index (κ1) is 21.1. The van der Waals surface area contributed by atoms with E-state index in [1.807, 2.05) is 12.1 Å². The van der Waals surface area contributed by atoms with Crippen LogP contribution in [0.25, 0.3) is 11.3 Å². The van der Waals surface area contributed by atoms with Crippen molar-refractivity contribution >= 4 is 17.4 Å². The molecule has 5 rings (SSSR count). The third-order valence-corrected chi connectivity index (χ3v) is 8.15. The van der Waals surface area contributed by atoms with Crippen molar-refractivity contribution in [2.45, 2.75) is 64.5 Å². The van der Waals surface area contributed by atoms with Gasteiger partial charge in [0, 0.05) is 30.7 Å². The maximum Gasteiger partial charge on any atom is 0.148 e. The van der Waals surface area contributed by atoms with E-state index in [0.717, 1.165) is 23.7 Å². The van der Waals surface area contributed by atoms with Crippen LogP contribution in [0.5, 0.6) is 0 Å². The normalized spacial score (nSPS) is 28.6. The molecule has 31 heavy (non-hydrogen) atoms. The summed E-state index contributed by atoms with van der Waals surface area (Å²) < 4.78 is 13.6. The average molecular weight is 443 g/mol. The lowest BCUT2D eigenvalue weighted by atomic mass is 9.75. The fraction of sp³-hybridized carbons (Fsp3) is 0.600. The fourth-order valence-electron chi connectivity index (χ4n) is 5.96. The quantitative estimate of drug-likeness (QED) is 0.627. The molecule has 1 N–H and O–H groups in total. The number of halogens is 2. The van der Waals surface area contributed by atoms with E-state index in [2.05, 4.69) is 34.3 Å². The Labute approximate surface area is 189 Å². The standard InChI is InChI=1S/C25H32ClFN4/c1-25(2)9-7-20(8-10-25)31-14-16-11-19(12-17(16)15-31)28-24-6-5-23(29-30-24)21-13-18(27)3-4-22(21)26/h3-6,13,16-17,19-20H,7-12,14-15H2,1-2H3,(H,28,30). The highest BCUT2D eigenvalue weighted by atomic mass is 35.5. The molecule has 166 valence electrons. The maximum absolute atomic E-state index is 13.6. The molecule has 3 aliphatic rings. The van der Waals surface area contributed by atoms with E-state index in [1.54, 1.807) is 6.07 Å². The fourth-order valence-corrected chi connectivity index (χ4v) is 6.17. The number of aromatic nitrogens is 2. The van der Waals surface area contributed by atoms with Crippen LogP contribution in [0.3, 0.4) is 0 Å². The number of rotatable bonds is 4. The van der Waals surface area contributed by atoms with Gasteiger partial charge >= 0.3 is 0 Å². The van der Waals surface area contributed by atoms with Gasteiger partial charge in [-0.15, -0.1) is 10.2 Å². The molecule has 1 saturated heterocycles. The monoisotopic (exact) mass is 442 g/mol. The van der Waals surface area contributed by atoms with Crippen LogP contribution >= 0.6 is 11.6 Å². The number of anilines is 1. The summed E-state index contributed by atoms with van der Waals surface area (Å²) in [5, 5.41) is 12.7. The molecular formula is C25H32ClFN4. The van der Waals surface area contributed by atoms with E-state index in [9.17, 15) is 4.39 Å². The SMILES string of the molecule is CC1(C)CCC(N2CC3CC(Nc4ccc(-c5cc(F)ccc5Cl)nn4)CC3C2)CC1. The second kappa shape index (κ2) is 8.32. The zero-order chi connectivity index (χ0) is 21.6. The van der Waals surface area contributed by atoms with Crippen molar-refractivity contribution in [3.05, 3.63) is 41.2 Å². The smallest absolute Gasteiger partial charge is 0.148 e. The van der Waals surface area contributed by atoms with Crippen LogP contribution in [0, 0.1) is 23.1 Å². The van der Waals surface area contributed by atoms with Gasteiger partial charge in [-0.25, -0.2) is 4.39 Å². The van der Waals surface area contributed by atoms with E-state index < -0.39 is 0 Å². The third-order valence-electron chi connectivity index (χ3n) is 7.83. The predicted molar refractivity (Wildman–Crippen MR) is 124 cm³/mol. The largest absolute Gasteiger partial charge is 0.366 e. The average Bonchev–Trinajstić information content (AvgIpc) is 3.29. The van der Waals surface area contributed by atoms with Crippen LogP contribution in [0.15, 0.2) is 30.3 Å². The summed E-state index contributed by atoms with van der Waals surface area (Å²) in [6, 6.07) is 9.35. The zero-order valence-electron chi connectivity index (χ0n) is 18.5. The molecule has 0 bridgehead atoms. The van der Waals surface area contributed by atoms with Crippen LogP contribution in [-0.4, -0.2) is 40.3 Å². The molecule has 6 heteroatoms. The Morgan fingerprint density at radius 2 is 1.74 bits per heavy atom. The molecule has 0 spiro atoms. The van der Waals surface area contributed by atoms with E-state index in [0.29, 0.717) is 27.7 Å². The molecule has 2 heterocycles. The summed E-state index contributed by atoms with van der Waals surface area (Å²) in [6.45, 7) is 7.36. The minimum atomic E-state index is -0.327. The summed E-state index contributed by atoms with van der Waals surface area (Å²) in [5.74, 6) is 2.05. The molecule has 1 aromatic heterocycles. The minimum Gasteiger partial charge on any atom is -0.366 e. The Morgan fingerprint density at radius 3 is 2.39 bits per heavy atom. The first-order valence-corrected chi connectivity index (χ1v) is 12.0. The van der Waals surface area contributed by atoms with Crippen molar-refractivity contribution in [2.75, 3.05) is 18.4 Å². The highest BCUT2D eigenvalue weighted by Crippen LogP contribution is 2.43. The molecule has 1 aromatic carbocycles. The first-order chi connectivity index (χ1) is 14.9.